The molecule has 1 unspecified atom stereocenters. The van der Waals surface area contributed by atoms with Crippen molar-refractivity contribution in [2.75, 3.05) is 6.54 Å². The van der Waals surface area contributed by atoms with Crippen molar-refractivity contribution < 1.29 is 14.7 Å². The lowest BCUT2D eigenvalue weighted by molar-refractivity contribution is -0.151. The number of hydrogen-bond acceptors (Lipinski definition) is 4. The van der Waals surface area contributed by atoms with Gasteiger partial charge in [0.1, 0.15) is 0 Å². The van der Waals surface area contributed by atoms with Gasteiger partial charge >= 0.3 is 5.97 Å². The van der Waals surface area contributed by atoms with Gasteiger partial charge in [-0.05, 0) is 43.7 Å². The maximum atomic E-state index is 12.3. The summed E-state index contributed by atoms with van der Waals surface area (Å²) in [5, 5.41) is 11.3. The zero-order chi connectivity index (χ0) is 14.9. The van der Waals surface area contributed by atoms with E-state index in [0.29, 0.717) is 13.0 Å². The van der Waals surface area contributed by atoms with Crippen LogP contribution in [0.2, 0.25) is 0 Å². The quantitative estimate of drug-likeness (QED) is 0.887. The number of carbonyl (C=O) groups is 2. The second-order valence-corrected chi connectivity index (χ2v) is 6.87. The molecule has 3 N–H and O–H groups in total. The molecule has 1 atom stereocenters. The minimum absolute atomic E-state index is 0.132. The van der Waals surface area contributed by atoms with Crippen molar-refractivity contribution in [1.82, 2.24) is 4.90 Å². The average molecular weight is 296 g/mol. The Morgan fingerprint density at radius 1 is 1.55 bits per heavy atom. The smallest absolute Gasteiger partial charge is 0.331 e. The maximum Gasteiger partial charge on any atom is 0.331 e. The molecular formula is C14H20N2O3S. The minimum Gasteiger partial charge on any atom is -0.479 e. The predicted molar refractivity (Wildman–Crippen MR) is 77.6 cm³/mol. The predicted octanol–water partition coefficient (Wildman–Crippen LogP) is 1.78. The van der Waals surface area contributed by atoms with E-state index in [4.69, 9.17) is 5.73 Å². The second-order valence-electron chi connectivity index (χ2n) is 5.87. The van der Waals surface area contributed by atoms with Gasteiger partial charge in [0, 0.05) is 23.4 Å². The van der Waals surface area contributed by atoms with Crippen LogP contribution in [-0.2, 0) is 16.0 Å². The van der Waals surface area contributed by atoms with Gasteiger partial charge in [0.25, 0.3) is 0 Å². The molecule has 0 saturated heterocycles. The van der Waals surface area contributed by atoms with Crippen LogP contribution in [0.5, 0.6) is 0 Å². The van der Waals surface area contributed by atoms with Crippen LogP contribution in [-0.4, -0.2) is 34.0 Å². The number of carboxylic acids is 1. The molecule has 0 aliphatic carbocycles. The lowest BCUT2D eigenvalue weighted by Gasteiger charge is -2.33. The Hall–Kier alpha value is -1.40. The standard InChI is InChI=1S/C14H20N2O3S/c1-14(2,15)6-3-11(17)16-7-4-10-9(5-8-20-10)12(16)13(18)19/h5,8,12H,3-4,6-7,15H2,1-2H3,(H,18,19). The van der Waals surface area contributed by atoms with Gasteiger partial charge < -0.3 is 15.7 Å². The molecule has 1 aliphatic rings. The first-order chi connectivity index (χ1) is 9.29. The summed E-state index contributed by atoms with van der Waals surface area (Å²) >= 11 is 1.56. The van der Waals surface area contributed by atoms with E-state index in [1.165, 1.54) is 4.90 Å². The first kappa shape index (κ1) is 15.0. The van der Waals surface area contributed by atoms with Crippen LogP contribution in [0.25, 0.3) is 0 Å². The summed E-state index contributed by atoms with van der Waals surface area (Å²) in [6.07, 6.45) is 1.56. The summed E-state index contributed by atoms with van der Waals surface area (Å²) in [4.78, 5) is 26.4. The largest absolute Gasteiger partial charge is 0.479 e. The van der Waals surface area contributed by atoms with Crippen LogP contribution in [0.1, 0.15) is 43.2 Å². The van der Waals surface area contributed by atoms with Gasteiger partial charge in [-0.25, -0.2) is 4.79 Å². The molecule has 0 spiro atoms. The van der Waals surface area contributed by atoms with Crippen LogP contribution >= 0.6 is 11.3 Å². The fourth-order valence-corrected chi connectivity index (χ4v) is 3.33. The van der Waals surface area contributed by atoms with E-state index in [1.807, 2.05) is 25.3 Å². The molecule has 2 heterocycles. The number of carbonyl (C=O) groups excluding carboxylic acids is 1. The number of thiophene rings is 1. The van der Waals surface area contributed by atoms with Crippen molar-refractivity contribution in [3.8, 4) is 0 Å². The highest BCUT2D eigenvalue weighted by Gasteiger charge is 2.36. The Bertz CT molecular complexity index is 519. The third-order valence-corrected chi connectivity index (χ3v) is 4.50. The van der Waals surface area contributed by atoms with Crippen molar-refractivity contribution in [3.05, 3.63) is 21.9 Å². The summed E-state index contributed by atoms with van der Waals surface area (Å²) < 4.78 is 0. The topological polar surface area (TPSA) is 83.6 Å². The van der Waals surface area contributed by atoms with Gasteiger partial charge in [0.15, 0.2) is 6.04 Å². The highest BCUT2D eigenvalue weighted by Crippen LogP contribution is 2.34. The van der Waals surface area contributed by atoms with Crippen molar-refractivity contribution in [2.24, 2.45) is 5.73 Å². The number of nitrogens with two attached hydrogens (primary N) is 1. The van der Waals surface area contributed by atoms with Crippen LogP contribution in [0.4, 0.5) is 0 Å². The number of aliphatic carboxylic acids is 1. The number of amides is 1. The van der Waals surface area contributed by atoms with Crippen LogP contribution in [0.3, 0.4) is 0 Å². The minimum atomic E-state index is -0.968. The molecule has 2 rings (SSSR count). The fraction of sp³-hybridized carbons (Fsp3) is 0.571. The third kappa shape index (κ3) is 3.19. The Balaban J connectivity index is 2.15. The average Bonchev–Trinajstić information content (AvgIpc) is 2.81. The molecule has 110 valence electrons. The Morgan fingerprint density at radius 2 is 2.25 bits per heavy atom. The van der Waals surface area contributed by atoms with Crippen molar-refractivity contribution in [2.45, 2.75) is 44.7 Å². The first-order valence-electron chi connectivity index (χ1n) is 6.67. The summed E-state index contributed by atoms with van der Waals surface area (Å²) in [5.74, 6) is -1.10. The molecule has 1 amide bonds. The molecule has 0 fully saturated rings. The van der Waals surface area contributed by atoms with Crippen molar-refractivity contribution >= 4 is 23.2 Å². The number of fused-ring (bicyclic) bond motifs is 1. The third-order valence-electron chi connectivity index (χ3n) is 3.50. The Kier molecular flexibility index (Phi) is 4.15. The molecule has 1 aromatic heterocycles. The van der Waals surface area contributed by atoms with Gasteiger partial charge in [-0.2, -0.15) is 0 Å². The normalized spacial score (nSPS) is 18.8. The lowest BCUT2D eigenvalue weighted by Crippen LogP contribution is -2.44. The summed E-state index contributed by atoms with van der Waals surface area (Å²) in [5.41, 5.74) is 6.22. The van der Waals surface area contributed by atoms with Gasteiger partial charge in [-0.15, -0.1) is 11.3 Å². The molecule has 0 radical (unpaired) electrons. The van der Waals surface area contributed by atoms with E-state index < -0.39 is 17.6 Å². The number of nitrogens with zero attached hydrogens (tertiary/aromatic N) is 1. The Labute approximate surface area is 122 Å². The number of hydrogen-bond donors (Lipinski definition) is 2. The monoisotopic (exact) mass is 296 g/mol. The van der Waals surface area contributed by atoms with Gasteiger partial charge in [0.05, 0.1) is 0 Å². The molecule has 5 nitrogen and oxygen atoms in total. The highest BCUT2D eigenvalue weighted by molar-refractivity contribution is 7.10. The van der Waals surface area contributed by atoms with Crippen LogP contribution in [0.15, 0.2) is 11.4 Å². The van der Waals surface area contributed by atoms with Gasteiger partial charge in [-0.1, -0.05) is 0 Å². The summed E-state index contributed by atoms with van der Waals surface area (Å²) in [7, 11) is 0. The fourth-order valence-electron chi connectivity index (χ4n) is 2.42. The second kappa shape index (κ2) is 5.54. The SMILES string of the molecule is CC(C)(N)CCC(=O)N1CCc2sccc2C1C(=O)O. The van der Waals surface area contributed by atoms with Crippen molar-refractivity contribution in [1.29, 1.82) is 0 Å². The molecule has 0 aromatic carbocycles. The van der Waals surface area contributed by atoms with Crippen molar-refractivity contribution in [3.63, 3.8) is 0 Å². The lowest BCUT2D eigenvalue weighted by atomic mass is 9.96. The highest BCUT2D eigenvalue weighted by atomic mass is 32.1. The van der Waals surface area contributed by atoms with E-state index in [2.05, 4.69) is 0 Å². The van der Waals surface area contributed by atoms with Crippen LogP contribution < -0.4 is 5.73 Å². The van der Waals surface area contributed by atoms with E-state index in [1.54, 1.807) is 11.3 Å². The van der Waals surface area contributed by atoms with Gasteiger partial charge in [-0.3, -0.25) is 4.79 Å². The molecular weight excluding hydrogens is 276 g/mol. The summed E-state index contributed by atoms with van der Waals surface area (Å²) in [6.45, 7) is 4.19. The van der Waals surface area contributed by atoms with E-state index in [0.717, 1.165) is 16.9 Å². The molecule has 0 bridgehead atoms. The first-order valence-corrected chi connectivity index (χ1v) is 7.55. The molecule has 0 saturated carbocycles. The molecule has 1 aromatic rings. The maximum absolute atomic E-state index is 12.3. The summed E-state index contributed by atoms with van der Waals surface area (Å²) in [6, 6.07) is 0.962. The number of carboxylic acid groups (broad SMARTS) is 1. The van der Waals surface area contributed by atoms with Gasteiger partial charge in [0.2, 0.25) is 5.91 Å². The zero-order valence-electron chi connectivity index (χ0n) is 11.8. The molecule has 20 heavy (non-hydrogen) atoms. The zero-order valence-corrected chi connectivity index (χ0v) is 12.6. The van der Waals surface area contributed by atoms with E-state index in [-0.39, 0.29) is 12.3 Å². The van der Waals surface area contributed by atoms with Crippen LogP contribution in [0, 0.1) is 0 Å². The number of rotatable bonds is 4. The van der Waals surface area contributed by atoms with E-state index >= 15 is 0 Å². The van der Waals surface area contributed by atoms with E-state index in [9.17, 15) is 14.7 Å². The molecule has 6 heteroatoms. The molecule has 1 aliphatic heterocycles. The Morgan fingerprint density at radius 3 is 2.85 bits per heavy atom.